The van der Waals surface area contributed by atoms with Crippen LogP contribution < -0.4 is 22.5 Å². The van der Waals surface area contributed by atoms with Crippen LogP contribution in [0.3, 0.4) is 0 Å². The molecular weight excluding hydrogens is 618 g/mol. The average Bonchev–Trinajstić information content (AvgIpc) is 3.80. The van der Waals surface area contributed by atoms with Crippen LogP contribution in [-0.2, 0) is 19.5 Å². The minimum absolute atomic E-state index is 0.153. The van der Waals surface area contributed by atoms with E-state index in [1.165, 1.54) is 6.20 Å². The summed E-state index contributed by atoms with van der Waals surface area (Å²) < 4.78 is 0. The van der Waals surface area contributed by atoms with Gasteiger partial charge in [-0.2, -0.15) is 0 Å². The van der Waals surface area contributed by atoms with Crippen LogP contribution in [0.2, 0.25) is 0 Å². The highest BCUT2D eigenvalue weighted by atomic mass is 16.4. The minimum atomic E-state index is -0.925. The number of carbonyl (C=O) groups is 2. The van der Waals surface area contributed by atoms with Crippen LogP contribution in [0.1, 0.15) is 43.1 Å². The van der Waals surface area contributed by atoms with Crippen molar-refractivity contribution in [1.29, 1.82) is 0 Å². The fourth-order valence-corrected chi connectivity index (χ4v) is 5.33. The number of H-pyrrole nitrogens is 1. The molecule has 1 amide bonds. The van der Waals surface area contributed by atoms with E-state index < -0.39 is 5.97 Å². The van der Waals surface area contributed by atoms with Crippen molar-refractivity contribution in [1.82, 2.24) is 30.2 Å². The van der Waals surface area contributed by atoms with E-state index in [4.69, 9.17) is 22.3 Å². The minimum Gasteiger partial charge on any atom is -0.478 e. The Kier molecular flexibility index (Phi) is 9.49. The van der Waals surface area contributed by atoms with Crippen molar-refractivity contribution < 1.29 is 14.7 Å². The number of hydrogen-bond acceptors (Lipinski definition) is 9. The standard InChI is InChI=1S/C18H15N5O.C10H11N3.C9H7NO2/c19-16-15-2-1-11(7-12(15)3-5-20-16)9-23-18(24)14-8-13-4-6-21-17(13)22-10-14;11-6-7-1-2-9-8(5-7)3-4-13-10(9)12;11-9(12)7-4-6-2-1-3-8(6)10-5-7/h1-8,10H,9H2,(H2,19,20)(H,21,22)(H,23,24);1-5H,6,11H2,(H2,12,13);1-2,4-5H,3H2,(H,11,12). The number of aromatic carboxylic acids is 1. The number of carboxylic acids is 1. The Bertz CT molecular complexity index is 2350. The molecule has 0 bridgehead atoms. The van der Waals surface area contributed by atoms with Crippen molar-refractivity contribution >= 4 is 62.2 Å². The molecule has 2 aromatic carbocycles. The fourth-order valence-electron chi connectivity index (χ4n) is 5.33. The Morgan fingerprint density at radius 1 is 0.776 bits per heavy atom. The van der Waals surface area contributed by atoms with Crippen LogP contribution in [0.4, 0.5) is 11.6 Å². The number of nitrogens with zero attached hydrogens (tertiary/aromatic N) is 4. The highest BCUT2D eigenvalue weighted by molar-refractivity contribution is 5.97. The van der Waals surface area contributed by atoms with Gasteiger partial charge in [0.05, 0.1) is 16.8 Å². The number of amides is 1. The summed E-state index contributed by atoms with van der Waals surface area (Å²) in [6.45, 7) is 0.986. The highest BCUT2D eigenvalue weighted by Gasteiger charge is 2.11. The summed E-state index contributed by atoms with van der Waals surface area (Å²) in [5.41, 5.74) is 22.6. The number of carboxylic acid groups (broad SMARTS) is 1. The predicted molar refractivity (Wildman–Crippen MR) is 191 cm³/mol. The van der Waals surface area contributed by atoms with Crippen molar-refractivity contribution in [3.05, 3.63) is 137 Å². The molecule has 0 unspecified atom stereocenters. The first-order valence-electron chi connectivity index (χ1n) is 15.4. The number of nitrogens with one attached hydrogen (secondary N) is 2. The maximum absolute atomic E-state index is 12.3. The number of rotatable bonds is 5. The van der Waals surface area contributed by atoms with Crippen molar-refractivity contribution in [2.75, 3.05) is 11.5 Å². The zero-order valence-electron chi connectivity index (χ0n) is 26.3. The number of allylic oxidation sites excluding steroid dienone is 1. The van der Waals surface area contributed by atoms with Gasteiger partial charge in [-0.25, -0.2) is 19.7 Å². The SMILES string of the molecule is NCc1ccc2c(N)nccc2c1.Nc1nccc2cc(CNC(=O)c3cnc4[nH]ccc4c3)ccc12.O=C(O)c1cnc2c(c1)C=CC2. The second kappa shape index (κ2) is 14.4. The Balaban J connectivity index is 0.000000140. The number of aromatic amines is 1. The van der Waals surface area contributed by atoms with E-state index >= 15 is 0 Å². The van der Waals surface area contributed by atoms with Crippen molar-refractivity contribution in [3.63, 3.8) is 0 Å². The van der Waals surface area contributed by atoms with Crippen LogP contribution in [0.25, 0.3) is 38.7 Å². The molecule has 0 spiro atoms. The van der Waals surface area contributed by atoms with E-state index in [-0.39, 0.29) is 11.5 Å². The summed E-state index contributed by atoms with van der Waals surface area (Å²) >= 11 is 0. The monoisotopic (exact) mass is 651 g/mol. The van der Waals surface area contributed by atoms with Crippen LogP contribution >= 0.6 is 0 Å². The number of benzene rings is 2. The van der Waals surface area contributed by atoms with Crippen molar-refractivity contribution in [2.24, 2.45) is 5.73 Å². The normalized spacial score (nSPS) is 11.4. The topological polar surface area (TPSA) is 212 Å². The summed E-state index contributed by atoms with van der Waals surface area (Å²) in [6, 6.07) is 21.0. The fraction of sp³-hybridized carbons (Fsp3) is 0.0811. The Hall–Kier alpha value is -6.66. The second-order valence-electron chi connectivity index (χ2n) is 11.2. The molecule has 0 atom stereocenters. The highest BCUT2D eigenvalue weighted by Crippen LogP contribution is 2.21. The van der Waals surface area contributed by atoms with Gasteiger partial charge in [0, 0.05) is 66.7 Å². The number of nitrogens with two attached hydrogens (primary N) is 3. The zero-order chi connectivity index (χ0) is 34.3. The van der Waals surface area contributed by atoms with Gasteiger partial charge in [0.15, 0.2) is 0 Å². The van der Waals surface area contributed by atoms with Crippen LogP contribution in [0.15, 0.2) is 104 Å². The molecule has 0 saturated carbocycles. The zero-order valence-corrected chi connectivity index (χ0v) is 26.3. The van der Waals surface area contributed by atoms with Gasteiger partial charge < -0.3 is 32.6 Å². The molecule has 12 nitrogen and oxygen atoms in total. The van der Waals surface area contributed by atoms with Gasteiger partial charge in [0.2, 0.25) is 0 Å². The van der Waals surface area contributed by atoms with Crippen LogP contribution in [0.5, 0.6) is 0 Å². The lowest BCUT2D eigenvalue weighted by atomic mass is 10.1. The van der Waals surface area contributed by atoms with Gasteiger partial charge in [-0.1, -0.05) is 36.4 Å². The second-order valence-corrected chi connectivity index (χ2v) is 11.2. The number of aromatic nitrogens is 5. The first-order chi connectivity index (χ1) is 23.8. The Morgan fingerprint density at radius 2 is 1.45 bits per heavy atom. The molecular formula is C37H33N9O3. The molecule has 0 aliphatic heterocycles. The molecule has 0 saturated heterocycles. The van der Waals surface area contributed by atoms with Gasteiger partial charge in [0.1, 0.15) is 17.3 Å². The molecule has 8 rings (SSSR count). The third kappa shape index (κ3) is 7.50. The molecule has 0 fully saturated rings. The maximum Gasteiger partial charge on any atom is 0.337 e. The number of pyridine rings is 4. The van der Waals surface area contributed by atoms with Gasteiger partial charge in [0.25, 0.3) is 5.91 Å². The summed E-state index contributed by atoms with van der Waals surface area (Å²) in [5.74, 6) is 0.000533. The molecule has 244 valence electrons. The van der Waals surface area contributed by atoms with Crippen LogP contribution in [-0.4, -0.2) is 41.9 Å². The molecule has 9 N–H and O–H groups in total. The smallest absolute Gasteiger partial charge is 0.337 e. The number of carbonyl (C=O) groups excluding carboxylic acids is 1. The molecule has 49 heavy (non-hydrogen) atoms. The molecule has 7 aromatic rings. The van der Waals surface area contributed by atoms with E-state index in [2.05, 4.69) is 30.2 Å². The summed E-state index contributed by atoms with van der Waals surface area (Å²) in [4.78, 5) is 42.2. The van der Waals surface area contributed by atoms with Crippen molar-refractivity contribution in [3.8, 4) is 0 Å². The van der Waals surface area contributed by atoms with Gasteiger partial charge in [-0.15, -0.1) is 0 Å². The molecule has 0 radical (unpaired) electrons. The molecule has 12 heteroatoms. The summed E-state index contributed by atoms with van der Waals surface area (Å²) in [7, 11) is 0. The number of hydrogen-bond donors (Lipinski definition) is 6. The third-order valence-corrected chi connectivity index (χ3v) is 7.93. The first kappa shape index (κ1) is 32.3. The van der Waals surface area contributed by atoms with Gasteiger partial charge >= 0.3 is 5.97 Å². The first-order valence-corrected chi connectivity index (χ1v) is 15.4. The van der Waals surface area contributed by atoms with Gasteiger partial charge in [-0.3, -0.25) is 9.78 Å². The lowest BCUT2D eigenvalue weighted by Gasteiger charge is -2.07. The van der Waals surface area contributed by atoms with E-state index in [1.54, 1.807) is 30.9 Å². The van der Waals surface area contributed by atoms with E-state index in [0.717, 1.165) is 61.4 Å². The lowest BCUT2D eigenvalue weighted by Crippen LogP contribution is -2.22. The molecule has 5 aromatic heterocycles. The third-order valence-electron chi connectivity index (χ3n) is 7.93. The Labute approximate surface area is 280 Å². The number of nitrogen functional groups attached to an aromatic ring is 2. The predicted octanol–water partition coefficient (Wildman–Crippen LogP) is 5.25. The summed E-state index contributed by atoms with van der Waals surface area (Å²) in [6.07, 6.45) is 12.8. The quantitative estimate of drug-likeness (QED) is 0.142. The number of anilines is 2. The van der Waals surface area contributed by atoms with Crippen LogP contribution in [0, 0.1) is 0 Å². The lowest BCUT2D eigenvalue weighted by molar-refractivity contribution is 0.0696. The summed E-state index contributed by atoms with van der Waals surface area (Å²) in [5, 5.41) is 16.5. The van der Waals surface area contributed by atoms with Crippen molar-refractivity contribution in [2.45, 2.75) is 19.5 Å². The molecule has 1 aliphatic rings. The van der Waals surface area contributed by atoms with E-state index in [1.807, 2.05) is 72.8 Å². The molecule has 1 aliphatic carbocycles. The maximum atomic E-state index is 12.3. The van der Waals surface area contributed by atoms with E-state index in [9.17, 15) is 9.59 Å². The molecule has 5 heterocycles. The Morgan fingerprint density at radius 3 is 2.14 bits per heavy atom. The van der Waals surface area contributed by atoms with E-state index in [0.29, 0.717) is 30.3 Å². The van der Waals surface area contributed by atoms with Gasteiger partial charge in [-0.05, 0) is 69.9 Å². The number of fused-ring (bicyclic) bond motifs is 4. The average molecular weight is 652 g/mol. The largest absolute Gasteiger partial charge is 0.478 e.